The molecule has 1 aromatic carbocycles. The van der Waals surface area contributed by atoms with E-state index in [9.17, 15) is 9.59 Å². The topological polar surface area (TPSA) is 62.3 Å². The van der Waals surface area contributed by atoms with Gasteiger partial charge < -0.3 is 10.2 Å². The number of hydrogen-bond donors (Lipinski definition) is 1. The molecule has 1 heterocycles. The molecule has 2 rings (SSSR count). The normalized spacial score (nSPS) is 10.6. The van der Waals surface area contributed by atoms with Crippen LogP contribution in [0.25, 0.3) is 0 Å². The van der Waals surface area contributed by atoms with Crippen molar-refractivity contribution in [2.24, 2.45) is 0 Å². The van der Waals surface area contributed by atoms with Crippen molar-refractivity contribution < 1.29 is 9.59 Å². The number of hydrogen-bond acceptors (Lipinski definition) is 4. The van der Waals surface area contributed by atoms with Crippen molar-refractivity contribution in [3.8, 4) is 0 Å². The number of nitrogens with one attached hydrogen (secondary N) is 1. The molecule has 0 aliphatic carbocycles. The van der Waals surface area contributed by atoms with Crippen LogP contribution in [0.15, 0.2) is 30.3 Å². The minimum Gasteiger partial charge on any atom is -0.336 e. The minimum absolute atomic E-state index is 0.0534. The van der Waals surface area contributed by atoms with E-state index in [0.29, 0.717) is 23.5 Å². The summed E-state index contributed by atoms with van der Waals surface area (Å²) in [5.41, 5.74) is 5.09. The Kier molecular flexibility index (Phi) is 7.42. The molecule has 1 N–H and O–H groups in total. The lowest BCUT2D eigenvalue weighted by Crippen LogP contribution is -2.27. The molecular weight excluding hydrogens is 358 g/mol. The molecule has 0 aliphatic rings. The van der Waals surface area contributed by atoms with Gasteiger partial charge in [-0.15, -0.1) is 0 Å². The fourth-order valence-corrected chi connectivity index (χ4v) is 3.27. The van der Waals surface area contributed by atoms with Crippen LogP contribution in [0, 0.1) is 20.8 Å². The van der Waals surface area contributed by atoms with Crippen LogP contribution in [-0.2, 0) is 11.3 Å². The molecule has 0 bridgehead atoms. The number of nitrogens with zero attached hydrogens (tertiary/aromatic N) is 2. The van der Waals surface area contributed by atoms with E-state index in [2.05, 4.69) is 10.3 Å². The van der Waals surface area contributed by atoms with E-state index in [0.717, 1.165) is 28.3 Å². The van der Waals surface area contributed by atoms with Crippen molar-refractivity contribution in [3.63, 3.8) is 0 Å². The molecule has 0 spiro atoms. The van der Waals surface area contributed by atoms with Crippen molar-refractivity contribution in [1.29, 1.82) is 0 Å². The van der Waals surface area contributed by atoms with Crippen LogP contribution in [-0.4, -0.2) is 40.3 Å². The lowest BCUT2D eigenvalue weighted by Gasteiger charge is -2.18. The van der Waals surface area contributed by atoms with Crippen LogP contribution >= 0.6 is 11.8 Å². The van der Waals surface area contributed by atoms with Gasteiger partial charge in [0.25, 0.3) is 5.91 Å². The molecule has 2 amide bonds. The number of amides is 2. The van der Waals surface area contributed by atoms with Gasteiger partial charge in [-0.2, -0.15) is 11.8 Å². The SMILES string of the molecule is CCSCC(=O)Nc1cc(C(=O)N(C)Cc2cc(C)cc(C)n2)ccc1C. The van der Waals surface area contributed by atoms with E-state index in [1.165, 1.54) is 0 Å². The van der Waals surface area contributed by atoms with Gasteiger partial charge in [-0.25, -0.2) is 0 Å². The number of aromatic nitrogens is 1. The smallest absolute Gasteiger partial charge is 0.254 e. The van der Waals surface area contributed by atoms with Crippen LogP contribution < -0.4 is 5.32 Å². The predicted octanol–water partition coefficient (Wildman–Crippen LogP) is 3.97. The number of pyridine rings is 1. The Morgan fingerprint density at radius 2 is 1.89 bits per heavy atom. The summed E-state index contributed by atoms with van der Waals surface area (Å²) in [6.45, 7) is 8.34. The maximum Gasteiger partial charge on any atom is 0.254 e. The quantitative estimate of drug-likeness (QED) is 0.783. The molecule has 27 heavy (non-hydrogen) atoms. The highest BCUT2D eigenvalue weighted by Gasteiger charge is 2.15. The third-order valence-corrected chi connectivity index (χ3v) is 4.97. The Morgan fingerprint density at radius 3 is 2.56 bits per heavy atom. The molecule has 6 heteroatoms. The summed E-state index contributed by atoms with van der Waals surface area (Å²) in [7, 11) is 1.76. The third kappa shape index (κ3) is 6.10. The molecule has 0 atom stereocenters. The van der Waals surface area contributed by atoms with Gasteiger partial charge >= 0.3 is 0 Å². The summed E-state index contributed by atoms with van der Waals surface area (Å²) in [5.74, 6) is 1.14. The van der Waals surface area contributed by atoms with Gasteiger partial charge in [0.2, 0.25) is 5.91 Å². The molecule has 0 unspecified atom stereocenters. The number of rotatable bonds is 7. The number of benzene rings is 1. The van der Waals surface area contributed by atoms with Crippen LogP contribution in [0.3, 0.4) is 0 Å². The Balaban J connectivity index is 2.13. The number of carbonyl (C=O) groups is 2. The zero-order valence-electron chi connectivity index (χ0n) is 16.6. The molecule has 1 aromatic heterocycles. The second-order valence-electron chi connectivity index (χ2n) is 6.65. The van der Waals surface area contributed by atoms with Crippen LogP contribution in [0.4, 0.5) is 5.69 Å². The standard InChI is InChI=1S/C21H27N3O2S/c1-6-27-13-20(25)23-19-11-17(8-7-15(19)3)21(26)24(5)12-18-10-14(2)9-16(4)22-18/h7-11H,6,12-13H2,1-5H3,(H,23,25). The average molecular weight is 386 g/mol. The largest absolute Gasteiger partial charge is 0.336 e. The van der Waals surface area contributed by atoms with E-state index in [1.807, 2.05) is 45.9 Å². The average Bonchev–Trinajstić information content (AvgIpc) is 2.60. The summed E-state index contributed by atoms with van der Waals surface area (Å²) >= 11 is 1.57. The van der Waals surface area contributed by atoms with Crippen molar-refractivity contribution in [1.82, 2.24) is 9.88 Å². The molecular formula is C21H27N3O2S. The fraction of sp³-hybridized carbons (Fsp3) is 0.381. The number of anilines is 1. The first-order chi connectivity index (χ1) is 12.8. The molecule has 0 saturated heterocycles. The van der Waals surface area contributed by atoms with E-state index < -0.39 is 0 Å². The molecule has 0 aliphatic heterocycles. The zero-order valence-corrected chi connectivity index (χ0v) is 17.4. The van der Waals surface area contributed by atoms with Crippen molar-refractivity contribution in [2.75, 3.05) is 23.9 Å². The Bertz CT molecular complexity index is 816. The van der Waals surface area contributed by atoms with Crippen molar-refractivity contribution in [2.45, 2.75) is 34.2 Å². The third-order valence-electron chi connectivity index (χ3n) is 4.09. The summed E-state index contributed by atoms with van der Waals surface area (Å²) in [5, 5.41) is 2.90. The summed E-state index contributed by atoms with van der Waals surface area (Å²) < 4.78 is 0. The molecule has 2 aromatic rings. The Hall–Kier alpha value is -2.34. The lowest BCUT2D eigenvalue weighted by molar-refractivity contribution is -0.113. The minimum atomic E-state index is -0.102. The van der Waals surface area contributed by atoms with E-state index in [1.54, 1.807) is 35.8 Å². The van der Waals surface area contributed by atoms with Gasteiger partial charge in [0.15, 0.2) is 0 Å². The van der Waals surface area contributed by atoms with Gasteiger partial charge in [-0.3, -0.25) is 14.6 Å². The second-order valence-corrected chi connectivity index (χ2v) is 7.93. The maximum absolute atomic E-state index is 12.8. The first-order valence-electron chi connectivity index (χ1n) is 8.98. The van der Waals surface area contributed by atoms with Crippen molar-refractivity contribution >= 4 is 29.3 Å². The van der Waals surface area contributed by atoms with Crippen LogP contribution in [0.2, 0.25) is 0 Å². The van der Waals surface area contributed by atoms with Crippen LogP contribution in [0.5, 0.6) is 0 Å². The summed E-state index contributed by atoms with van der Waals surface area (Å²) in [6.07, 6.45) is 0. The van der Waals surface area contributed by atoms with Gasteiger partial charge in [-0.1, -0.05) is 13.0 Å². The van der Waals surface area contributed by atoms with E-state index in [4.69, 9.17) is 0 Å². The monoisotopic (exact) mass is 385 g/mol. The molecule has 5 nitrogen and oxygen atoms in total. The highest BCUT2D eigenvalue weighted by Crippen LogP contribution is 2.19. The first kappa shape index (κ1) is 21.0. The van der Waals surface area contributed by atoms with Gasteiger partial charge in [0.05, 0.1) is 18.0 Å². The fourth-order valence-electron chi connectivity index (χ4n) is 2.81. The van der Waals surface area contributed by atoms with Gasteiger partial charge in [0, 0.05) is 24.0 Å². The Morgan fingerprint density at radius 1 is 1.15 bits per heavy atom. The number of thioether (sulfide) groups is 1. The van der Waals surface area contributed by atoms with Gasteiger partial charge in [-0.05, 0) is 61.9 Å². The highest BCUT2D eigenvalue weighted by atomic mass is 32.2. The second kappa shape index (κ2) is 9.55. The highest BCUT2D eigenvalue weighted by molar-refractivity contribution is 7.99. The molecule has 0 fully saturated rings. The van der Waals surface area contributed by atoms with E-state index >= 15 is 0 Å². The molecule has 0 radical (unpaired) electrons. The lowest BCUT2D eigenvalue weighted by atomic mass is 10.1. The number of carbonyl (C=O) groups excluding carboxylic acids is 2. The maximum atomic E-state index is 12.8. The van der Waals surface area contributed by atoms with E-state index in [-0.39, 0.29) is 11.8 Å². The first-order valence-corrected chi connectivity index (χ1v) is 10.1. The van der Waals surface area contributed by atoms with Crippen LogP contribution in [0.1, 0.15) is 39.8 Å². The van der Waals surface area contributed by atoms with Crippen molar-refractivity contribution in [3.05, 3.63) is 58.4 Å². The zero-order chi connectivity index (χ0) is 20.0. The molecule has 144 valence electrons. The predicted molar refractivity (Wildman–Crippen MR) is 112 cm³/mol. The number of aryl methyl sites for hydroxylation is 3. The summed E-state index contributed by atoms with van der Waals surface area (Å²) in [4.78, 5) is 31.0. The Labute approximate surface area is 165 Å². The van der Waals surface area contributed by atoms with Gasteiger partial charge in [0.1, 0.15) is 0 Å². The molecule has 0 saturated carbocycles. The summed E-state index contributed by atoms with van der Waals surface area (Å²) in [6, 6.07) is 9.40.